The molecule has 0 fully saturated rings. The minimum atomic E-state index is 0.766. The highest BCUT2D eigenvalue weighted by Crippen LogP contribution is 2.19. The van der Waals surface area contributed by atoms with Crippen LogP contribution in [0.25, 0.3) is 17.0 Å². The number of aryl methyl sites for hydroxylation is 1. The fourth-order valence-corrected chi connectivity index (χ4v) is 1.47. The van der Waals surface area contributed by atoms with Crippen LogP contribution < -0.4 is 0 Å². The molecular weight excluding hydrogens is 200 g/mol. The van der Waals surface area contributed by atoms with Gasteiger partial charge in [-0.3, -0.25) is 0 Å². The third-order valence-electron chi connectivity index (χ3n) is 2.52. The molecule has 4 nitrogen and oxygen atoms in total. The third-order valence-corrected chi connectivity index (χ3v) is 2.52. The Bertz CT molecular complexity index is 508. The van der Waals surface area contributed by atoms with Crippen LogP contribution in [0.2, 0.25) is 0 Å². The Hall–Kier alpha value is -1.97. The number of allylic oxidation sites excluding steroid dienone is 2. The molecule has 0 amide bonds. The average molecular weight is 213 g/mol. The van der Waals surface area contributed by atoms with E-state index in [9.17, 15) is 0 Å². The Balaban J connectivity index is 2.37. The summed E-state index contributed by atoms with van der Waals surface area (Å²) in [6.07, 6.45) is 1.85. The molecule has 4 heteroatoms. The van der Waals surface area contributed by atoms with Gasteiger partial charge >= 0.3 is 0 Å². The van der Waals surface area contributed by atoms with Crippen molar-refractivity contribution in [2.24, 2.45) is 7.05 Å². The Morgan fingerprint density at radius 2 is 2.00 bits per heavy atom. The number of benzene rings is 1. The summed E-state index contributed by atoms with van der Waals surface area (Å²) in [5.74, 6) is 0.766. The maximum Gasteiger partial charge on any atom is 0.181 e. The fourth-order valence-electron chi connectivity index (χ4n) is 1.47. The van der Waals surface area contributed by atoms with Gasteiger partial charge in [0.15, 0.2) is 5.82 Å². The van der Waals surface area contributed by atoms with Gasteiger partial charge in [-0.15, -0.1) is 5.10 Å². The Morgan fingerprint density at radius 3 is 2.50 bits per heavy atom. The van der Waals surface area contributed by atoms with Gasteiger partial charge in [-0.25, -0.2) is 4.68 Å². The highest BCUT2D eigenvalue weighted by Gasteiger charge is 2.05. The van der Waals surface area contributed by atoms with Crippen molar-refractivity contribution in [1.82, 2.24) is 20.2 Å². The van der Waals surface area contributed by atoms with Crippen LogP contribution in [0.5, 0.6) is 0 Å². The molecule has 0 atom stereocenters. The van der Waals surface area contributed by atoms with Gasteiger partial charge in [-0.2, -0.15) is 0 Å². The van der Waals surface area contributed by atoms with E-state index in [0.29, 0.717) is 0 Å². The SMILES string of the molecule is [CH2]C=C(C)c1ccc(-c2nnnn2C)cc1. The van der Waals surface area contributed by atoms with E-state index in [1.165, 1.54) is 0 Å². The minimum Gasteiger partial charge on any atom is -0.229 e. The summed E-state index contributed by atoms with van der Waals surface area (Å²) in [5.41, 5.74) is 3.32. The van der Waals surface area contributed by atoms with Crippen LogP contribution in [0.4, 0.5) is 0 Å². The molecule has 0 spiro atoms. The van der Waals surface area contributed by atoms with E-state index >= 15 is 0 Å². The van der Waals surface area contributed by atoms with Gasteiger partial charge in [0.25, 0.3) is 0 Å². The smallest absolute Gasteiger partial charge is 0.181 e. The van der Waals surface area contributed by atoms with E-state index in [2.05, 4.69) is 22.4 Å². The van der Waals surface area contributed by atoms with Crippen molar-refractivity contribution in [1.29, 1.82) is 0 Å². The molecule has 0 saturated heterocycles. The van der Waals surface area contributed by atoms with Gasteiger partial charge in [-0.05, 0) is 35.4 Å². The Morgan fingerprint density at radius 1 is 1.31 bits per heavy atom. The van der Waals surface area contributed by atoms with Crippen LogP contribution in [0.3, 0.4) is 0 Å². The number of nitrogens with zero attached hydrogens (tertiary/aromatic N) is 4. The molecule has 0 unspecified atom stereocenters. The summed E-state index contributed by atoms with van der Waals surface area (Å²) < 4.78 is 1.65. The molecule has 0 aliphatic rings. The molecule has 1 aromatic heterocycles. The molecule has 81 valence electrons. The van der Waals surface area contributed by atoms with Crippen molar-refractivity contribution in [3.05, 3.63) is 42.8 Å². The van der Waals surface area contributed by atoms with Gasteiger partial charge in [0, 0.05) is 12.6 Å². The van der Waals surface area contributed by atoms with Crippen LogP contribution in [-0.2, 0) is 7.05 Å². The lowest BCUT2D eigenvalue weighted by molar-refractivity contribution is 0.714. The van der Waals surface area contributed by atoms with Crippen LogP contribution in [0, 0.1) is 6.92 Å². The van der Waals surface area contributed by atoms with Crippen LogP contribution in [0.1, 0.15) is 12.5 Å². The summed E-state index contributed by atoms with van der Waals surface area (Å²) in [6.45, 7) is 5.78. The second kappa shape index (κ2) is 4.26. The Labute approximate surface area is 94.6 Å². The van der Waals surface area contributed by atoms with E-state index in [4.69, 9.17) is 0 Å². The average Bonchev–Trinajstić information content (AvgIpc) is 2.75. The standard InChI is InChI=1S/C12H13N4/c1-4-9(2)10-5-7-11(8-6-10)12-13-14-15-16(12)3/h4-8H,1H2,2-3H3. The summed E-state index contributed by atoms with van der Waals surface area (Å²) in [4.78, 5) is 0. The normalized spacial score (nSPS) is 11.8. The van der Waals surface area contributed by atoms with E-state index < -0.39 is 0 Å². The van der Waals surface area contributed by atoms with E-state index in [1.54, 1.807) is 4.68 Å². The summed E-state index contributed by atoms with van der Waals surface area (Å²) >= 11 is 0. The zero-order valence-electron chi connectivity index (χ0n) is 9.38. The highest BCUT2D eigenvalue weighted by atomic mass is 15.5. The molecule has 0 bridgehead atoms. The van der Waals surface area contributed by atoms with Gasteiger partial charge in [0.1, 0.15) is 0 Å². The molecule has 2 aromatic rings. The molecule has 2 rings (SSSR count). The van der Waals surface area contributed by atoms with Gasteiger partial charge in [0.05, 0.1) is 0 Å². The van der Waals surface area contributed by atoms with Gasteiger partial charge < -0.3 is 0 Å². The lowest BCUT2D eigenvalue weighted by Crippen LogP contribution is -1.94. The number of aromatic nitrogens is 4. The second-order valence-electron chi connectivity index (χ2n) is 3.59. The topological polar surface area (TPSA) is 43.6 Å². The summed E-state index contributed by atoms with van der Waals surface area (Å²) in [7, 11) is 1.82. The first-order valence-electron chi connectivity index (χ1n) is 5.01. The maximum atomic E-state index is 3.96. The quantitative estimate of drug-likeness (QED) is 0.767. The summed E-state index contributed by atoms with van der Waals surface area (Å²) in [5, 5.41) is 11.4. The van der Waals surface area contributed by atoms with Gasteiger partial charge in [-0.1, -0.05) is 30.3 Å². The summed E-state index contributed by atoms with van der Waals surface area (Å²) in [6, 6.07) is 8.10. The Kier molecular flexibility index (Phi) is 2.81. The van der Waals surface area contributed by atoms with Crippen LogP contribution >= 0.6 is 0 Å². The first-order chi connectivity index (χ1) is 7.72. The number of tetrazole rings is 1. The molecule has 0 aliphatic heterocycles. The molecule has 16 heavy (non-hydrogen) atoms. The van der Waals surface area contributed by atoms with E-state index in [-0.39, 0.29) is 0 Å². The zero-order valence-corrected chi connectivity index (χ0v) is 9.38. The van der Waals surface area contributed by atoms with E-state index in [0.717, 1.165) is 22.5 Å². The van der Waals surface area contributed by atoms with Crippen molar-refractivity contribution >= 4 is 5.57 Å². The molecule has 1 radical (unpaired) electrons. The first-order valence-corrected chi connectivity index (χ1v) is 5.01. The van der Waals surface area contributed by atoms with Crippen molar-refractivity contribution in [2.45, 2.75) is 6.92 Å². The molecule has 0 N–H and O–H groups in total. The molecule has 1 heterocycles. The van der Waals surface area contributed by atoms with Crippen LogP contribution in [0.15, 0.2) is 30.3 Å². The number of rotatable bonds is 2. The largest absolute Gasteiger partial charge is 0.229 e. The number of hydrogen-bond acceptors (Lipinski definition) is 3. The minimum absolute atomic E-state index is 0.766. The third kappa shape index (κ3) is 1.86. The monoisotopic (exact) mass is 213 g/mol. The second-order valence-corrected chi connectivity index (χ2v) is 3.59. The molecule has 1 aromatic carbocycles. The van der Waals surface area contributed by atoms with Crippen molar-refractivity contribution in [2.75, 3.05) is 0 Å². The zero-order chi connectivity index (χ0) is 11.5. The van der Waals surface area contributed by atoms with E-state index in [1.807, 2.05) is 44.3 Å². The lowest BCUT2D eigenvalue weighted by Gasteiger charge is -2.02. The first kappa shape index (κ1) is 10.5. The van der Waals surface area contributed by atoms with Crippen molar-refractivity contribution in [3.8, 4) is 11.4 Å². The van der Waals surface area contributed by atoms with Crippen LogP contribution in [-0.4, -0.2) is 20.2 Å². The fraction of sp³-hybridized carbons (Fsp3) is 0.167. The maximum absolute atomic E-state index is 3.96. The van der Waals surface area contributed by atoms with Crippen molar-refractivity contribution < 1.29 is 0 Å². The highest BCUT2D eigenvalue weighted by molar-refractivity contribution is 5.67. The molecular formula is C12H13N4. The predicted molar refractivity (Wildman–Crippen MR) is 63.2 cm³/mol. The molecule has 0 saturated carbocycles. The molecule has 0 aliphatic carbocycles. The predicted octanol–water partition coefficient (Wildman–Crippen LogP) is 2.11. The number of hydrogen-bond donors (Lipinski definition) is 0. The lowest BCUT2D eigenvalue weighted by atomic mass is 10.1. The van der Waals surface area contributed by atoms with Gasteiger partial charge in [0.2, 0.25) is 0 Å². The van der Waals surface area contributed by atoms with Crippen molar-refractivity contribution in [3.63, 3.8) is 0 Å².